The van der Waals surface area contributed by atoms with E-state index in [0.717, 1.165) is 41.4 Å². The van der Waals surface area contributed by atoms with Crippen LogP contribution in [0, 0.1) is 0 Å². The molecule has 2 aromatic heterocycles. The highest BCUT2D eigenvalue weighted by Crippen LogP contribution is 2.41. The first-order valence-electron chi connectivity index (χ1n) is 10.5. The number of anilines is 1. The molecule has 6 nitrogen and oxygen atoms in total. The number of rotatable bonds is 5. The highest BCUT2D eigenvalue weighted by molar-refractivity contribution is 6.07. The lowest BCUT2D eigenvalue weighted by molar-refractivity contribution is -0.137. The van der Waals surface area contributed by atoms with E-state index in [-0.39, 0.29) is 17.9 Å². The van der Waals surface area contributed by atoms with Crippen molar-refractivity contribution in [2.45, 2.75) is 31.0 Å². The maximum absolute atomic E-state index is 12.7. The number of hydrogen-bond donors (Lipinski definition) is 2. The lowest BCUT2D eigenvalue weighted by atomic mass is 9.77. The number of H-pyrrole nitrogens is 1. The lowest BCUT2D eigenvalue weighted by Crippen LogP contribution is -2.32. The van der Waals surface area contributed by atoms with Crippen LogP contribution in [0.3, 0.4) is 0 Å². The predicted molar refractivity (Wildman–Crippen MR) is 117 cm³/mol. The highest BCUT2D eigenvalue weighted by Gasteiger charge is 2.34. The van der Waals surface area contributed by atoms with Crippen molar-refractivity contribution in [3.8, 4) is 5.75 Å². The van der Waals surface area contributed by atoms with Crippen molar-refractivity contribution in [1.29, 1.82) is 0 Å². The fourth-order valence-electron chi connectivity index (χ4n) is 4.11. The van der Waals surface area contributed by atoms with Crippen molar-refractivity contribution >= 4 is 22.5 Å². The summed E-state index contributed by atoms with van der Waals surface area (Å²) in [6, 6.07) is 11.0. The van der Waals surface area contributed by atoms with Gasteiger partial charge in [-0.15, -0.1) is 0 Å². The Balaban J connectivity index is 1.24. The standard InChI is InChI=1S/C24H21F3N4O2/c1-31-9-8-28-22(31)23(32)30-21-13-29-20-7-6-17(12-19(20)21)33-18-10-15(11-18)14-2-4-16(5-3-14)24(25,26)27/h2-9,12-13,15,18,29H,10-11H2,1H3,(H,30,32). The molecule has 1 aliphatic rings. The van der Waals surface area contributed by atoms with E-state index in [9.17, 15) is 18.0 Å². The first-order valence-corrected chi connectivity index (χ1v) is 10.5. The molecule has 9 heteroatoms. The molecule has 2 N–H and O–H groups in total. The van der Waals surface area contributed by atoms with Gasteiger partial charge in [0.25, 0.3) is 5.91 Å². The lowest BCUT2D eigenvalue weighted by Gasteiger charge is -2.35. The third-order valence-electron chi connectivity index (χ3n) is 6.03. The largest absolute Gasteiger partial charge is 0.490 e. The van der Waals surface area contributed by atoms with Gasteiger partial charge in [-0.25, -0.2) is 4.98 Å². The highest BCUT2D eigenvalue weighted by atomic mass is 19.4. The van der Waals surface area contributed by atoms with E-state index in [0.29, 0.717) is 17.3 Å². The third-order valence-corrected chi connectivity index (χ3v) is 6.03. The second kappa shape index (κ2) is 7.99. The number of carbonyl (C=O) groups is 1. The Kier molecular flexibility index (Phi) is 5.11. The van der Waals surface area contributed by atoms with Crippen LogP contribution in [-0.4, -0.2) is 26.5 Å². The minimum absolute atomic E-state index is 0.0145. The molecule has 1 amide bonds. The molecule has 1 saturated carbocycles. The number of aryl methyl sites for hydroxylation is 1. The second-order valence-corrected chi connectivity index (χ2v) is 8.25. The Morgan fingerprint density at radius 3 is 2.61 bits per heavy atom. The molecule has 4 aromatic rings. The average Bonchev–Trinajstić information content (AvgIpc) is 3.36. The molecule has 0 spiro atoms. The number of imidazole rings is 1. The number of carbonyl (C=O) groups excluding carboxylic acids is 1. The zero-order valence-corrected chi connectivity index (χ0v) is 17.7. The van der Waals surface area contributed by atoms with Crippen LogP contribution in [0.25, 0.3) is 10.9 Å². The smallest absolute Gasteiger partial charge is 0.416 e. The van der Waals surface area contributed by atoms with Crippen molar-refractivity contribution in [1.82, 2.24) is 14.5 Å². The van der Waals surface area contributed by atoms with E-state index in [1.807, 2.05) is 18.2 Å². The number of fused-ring (bicyclic) bond motifs is 1. The molecule has 0 unspecified atom stereocenters. The normalized spacial score (nSPS) is 18.2. The van der Waals surface area contributed by atoms with E-state index in [4.69, 9.17) is 4.74 Å². The van der Waals surface area contributed by atoms with Gasteiger partial charge in [-0.1, -0.05) is 12.1 Å². The Morgan fingerprint density at radius 1 is 1.18 bits per heavy atom. The fraction of sp³-hybridized carbons (Fsp3) is 0.250. The third kappa shape index (κ3) is 4.18. The Labute approximate surface area is 187 Å². The van der Waals surface area contributed by atoms with Gasteiger partial charge < -0.3 is 19.6 Å². The molecule has 5 rings (SSSR count). The van der Waals surface area contributed by atoms with Gasteiger partial charge in [0.05, 0.1) is 17.4 Å². The number of halogens is 3. The van der Waals surface area contributed by atoms with Gasteiger partial charge in [0.2, 0.25) is 0 Å². The SMILES string of the molecule is Cn1ccnc1C(=O)Nc1c[nH]c2ccc(OC3CC(c4ccc(C(F)(F)F)cc4)C3)cc12. The molecule has 1 fully saturated rings. The monoisotopic (exact) mass is 454 g/mol. The van der Waals surface area contributed by atoms with Crippen molar-refractivity contribution in [2.75, 3.05) is 5.32 Å². The fourth-order valence-corrected chi connectivity index (χ4v) is 4.11. The number of ether oxygens (including phenoxy) is 1. The molecule has 0 aliphatic heterocycles. The van der Waals surface area contributed by atoms with E-state index in [1.165, 1.54) is 0 Å². The zero-order valence-electron chi connectivity index (χ0n) is 17.7. The van der Waals surface area contributed by atoms with E-state index < -0.39 is 11.7 Å². The molecule has 0 bridgehead atoms. The van der Waals surface area contributed by atoms with Crippen LogP contribution in [0.2, 0.25) is 0 Å². The summed E-state index contributed by atoms with van der Waals surface area (Å²) in [6.07, 6.45) is 2.12. The summed E-state index contributed by atoms with van der Waals surface area (Å²) in [7, 11) is 1.75. The van der Waals surface area contributed by atoms with Gasteiger partial charge in [0, 0.05) is 36.5 Å². The minimum Gasteiger partial charge on any atom is -0.490 e. The first-order chi connectivity index (χ1) is 15.8. The number of aromatic nitrogens is 3. The molecule has 0 radical (unpaired) electrons. The van der Waals surface area contributed by atoms with Crippen molar-refractivity contribution < 1.29 is 22.7 Å². The van der Waals surface area contributed by atoms with Gasteiger partial charge >= 0.3 is 6.18 Å². The van der Waals surface area contributed by atoms with Gasteiger partial charge in [0.1, 0.15) is 5.75 Å². The molecule has 1 aliphatic carbocycles. The molecular weight excluding hydrogens is 433 g/mol. The van der Waals surface area contributed by atoms with E-state index in [1.54, 1.807) is 42.3 Å². The maximum Gasteiger partial charge on any atom is 0.416 e. The van der Waals surface area contributed by atoms with Crippen LogP contribution in [-0.2, 0) is 13.2 Å². The van der Waals surface area contributed by atoms with Crippen LogP contribution in [0.4, 0.5) is 18.9 Å². The Bertz CT molecular complexity index is 1300. The van der Waals surface area contributed by atoms with Crippen LogP contribution in [0.5, 0.6) is 5.75 Å². The molecular formula is C24H21F3N4O2. The summed E-state index contributed by atoms with van der Waals surface area (Å²) in [5.41, 5.74) is 1.74. The Hall–Kier alpha value is -3.75. The van der Waals surface area contributed by atoms with Crippen LogP contribution in [0.15, 0.2) is 61.1 Å². The topological polar surface area (TPSA) is 71.9 Å². The van der Waals surface area contributed by atoms with Crippen molar-refractivity contribution in [3.63, 3.8) is 0 Å². The molecule has 0 atom stereocenters. The number of nitrogens with one attached hydrogen (secondary N) is 2. The summed E-state index contributed by atoms with van der Waals surface area (Å²) in [4.78, 5) is 19.7. The Morgan fingerprint density at radius 2 is 1.94 bits per heavy atom. The van der Waals surface area contributed by atoms with Gasteiger partial charge in [-0.2, -0.15) is 13.2 Å². The summed E-state index contributed by atoms with van der Waals surface area (Å²) in [5, 5.41) is 3.68. The summed E-state index contributed by atoms with van der Waals surface area (Å²) in [5.74, 6) is 0.847. The summed E-state index contributed by atoms with van der Waals surface area (Å²) >= 11 is 0. The van der Waals surface area contributed by atoms with Crippen molar-refractivity contribution in [2.24, 2.45) is 7.05 Å². The predicted octanol–water partition coefficient (Wildman–Crippen LogP) is 5.50. The number of nitrogens with zero attached hydrogens (tertiary/aromatic N) is 2. The summed E-state index contributed by atoms with van der Waals surface area (Å²) in [6.45, 7) is 0. The quantitative estimate of drug-likeness (QED) is 0.418. The number of hydrogen-bond acceptors (Lipinski definition) is 3. The van der Waals surface area contributed by atoms with Crippen LogP contribution < -0.4 is 10.1 Å². The van der Waals surface area contributed by atoms with Gasteiger partial charge in [-0.3, -0.25) is 4.79 Å². The van der Waals surface area contributed by atoms with E-state index >= 15 is 0 Å². The number of aromatic amines is 1. The minimum atomic E-state index is -4.32. The second-order valence-electron chi connectivity index (χ2n) is 8.25. The number of amides is 1. The maximum atomic E-state index is 12.7. The van der Waals surface area contributed by atoms with Crippen molar-refractivity contribution in [3.05, 3.63) is 78.0 Å². The number of alkyl halides is 3. The summed E-state index contributed by atoms with van der Waals surface area (Å²) < 4.78 is 46.0. The van der Waals surface area contributed by atoms with E-state index in [2.05, 4.69) is 15.3 Å². The molecule has 0 saturated heterocycles. The molecule has 170 valence electrons. The average molecular weight is 454 g/mol. The van der Waals surface area contributed by atoms with Crippen LogP contribution in [0.1, 0.15) is 40.5 Å². The number of benzene rings is 2. The van der Waals surface area contributed by atoms with Gasteiger partial charge in [-0.05, 0) is 54.7 Å². The van der Waals surface area contributed by atoms with Gasteiger partial charge in [0.15, 0.2) is 5.82 Å². The molecule has 2 heterocycles. The molecule has 2 aromatic carbocycles. The first kappa shape index (κ1) is 21.1. The molecule has 33 heavy (non-hydrogen) atoms. The van der Waals surface area contributed by atoms with Crippen LogP contribution >= 0.6 is 0 Å². The zero-order chi connectivity index (χ0) is 23.2.